The van der Waals surface area contributed by atoms with Gasteiger partial charge in [-0.3, -0.25) is 5.32 Å². The van der Waals surface area contributed by atoms with Crippen molar-refractivity contribution in [3.63, 3.8) is 0 Å². The fraction of sp³-hybridized carbons (Fsp3) is 0.333. The number of halogens is 3. The number of benzene rings is 1. The number of carbonyl (C=O) groups is 1. The van der Waals surface area contributed by atoms with Crippen LogP contribution in [0.15, 0.2) is 34.7 Å². The Morgan fingerprint density at radius 1 is 1.26 bits per heavy atom. The van der Waals surface area contributed by atoms with Gasteiger partial charge in [0.15, 0.2) is 0 Å². The van der Waals surface area contributed by atoms with Crippen molar-refractivity contribution < 1.29 is 22.4 Å². The van der Waals surface area contributed by atoms with Gasteiger partial charge < -0.3 is 9.73 Å². The number of oxazole rings is 1. The SMILES string of the molecule is Cc1nc(NC(=O)N[C@H](Cc2ccccc2)C(F)(F)F)oc1C. The molecule has 0 unspecified atom stereocenters. The number of rotatable bonds is 4. The van der Waals surface area contributed by atoms with Crippen molar-refractivity contribution in [1.82, 2.24) is 10.3 Å². The highest BCUT2D eigenvalue weighted by molar-refractivity contribution is 5.87. The Labute approximate surface area is 130 Å². The summed E-state index contributed by atoms with van der Waals surface area (Å²) in [7, 11) is 0. The molecule has 2 amide bonds. The van der Waals surface area contributed by atoms with E-state index in [1.165, 1.54) is 0 Å². The first-order chi connectivity index (χ1) is 10.8. The van der Waals surface area contributed by atoms with Crippen LogP contribution in [0.2, 0.25) is 0 Å². The second-order valence-electron chi connectivity index (χ2n) is 5.04. The highest BCUT2D eigenvalue weighted by atomic mass is 19.4. The zero-order valence-corrected chi connectivity index (χ0v) is 12.6. The van der Waals surface area contributed by atoms with Crippen molar-refractivity contribution in [2.45, 2.75) is 32.5 Å². The van der Waals surface area contributed by atoms with Crippen LogP contribution in [0.5, 0.6) is 0 Å². The maximum Gasteiger partial charge on any atom is 0.408 e. The van der Waals surface area contributed by atoms with Crippen molar-refractivity contribution in [2.24, 2.45) is 0 Å². The minimum absolute atomic E-state index is 0.141. The number of hydrogen-bond acceptors (Lipinski definition) is 3. The number of amides is 2. The summed E-state index contributed by atoms with van der Waals surface area (Å²) in [4.78, 5) is 15.6. The van der Waals surface area contributed by atoms with Crippen LogP contribution in [0.4, 0.5) is 24.0 Å². The van der Waals surface area contributed by atoms with Gasteiger partial charge in [-0.25, -0.2) is 4.79 Å². The number of aromatic nitrogens is 1. The second-order valence-corrected chi connectivity index (χ2v) is 5.04. The average Bonchev–Trinajstić information content (AvgIpc) is 2.76. The topological polar surface area (TPSA) is 67.2 Å². The lowest BCUT2D eigenvalue weighted by Gasteiger charge is -2.21. The van der Waals surface area contributed by atoms with Crippen LogP contribution in [-0.4, -0.2) is 23.2 Å². The van der Waals surface area contributed by atoms with Gasteiger partial charge in [0.05, 0.1) is 5.69 Å². The molecule has 0 saturated heterocycles. The molecule has 23 heavy (non-hydrogen) atoms. The molecule has 0 radical (unpaired) electrons. The Morgan fingerprint density at radius 2 is 1.91 bits per heavy atom. The van der Waals surface area contributed by atoms with Crippen molar-refractivity contribution >= 4 is 12.0 Å². The van der Waals surface area contributed by atoms with Crippen molar-refractivity contribution in [3.05, 3.63) is 47.3 Å². The third kappa shape index (κ3) is 4.73. The molecular weight excluding hydrogens is 311 g/mol. The molecule has 0 aliphatic rings. The summed E-state index contributed by atoms with van der Waals surface area (Å²) in [5.74, 6) is 0.483. The smallest absolute Gasteiger partial charge is 0.408 e. The minimum atomic E-state index is -4.57. The van der Waals surface area contributed by atoms with Crippen LogP contribution < -0.4 is 10.6 Å². The number of urea groups is 1. The molecule has 2 aromatic rings. The lowest BCUT2D eigenvalue weighted by atomic mass is 10.1. The maximum atomic E-state index is 13.1. The molecule has 8 heteroatoms. The molecule has 2 rings (SSSR count). The first-order valence-corrected chi connectivity index (χ1v) is 6.88. The van der Waals surface area contributed by atoms with Gasteiger partial charge in [-0.05, 0) is 19.4 Å². The van der Waals surface area contributed by atoms with Crippen molar-refractivity contribution in [1.29, 1.82) is 0 Å². The molecule has 0 aliphatic heterocycles. The van der Waals surface area contributed by atoms with Crippen LogP contribution in [0.1, 0.15) is 17.0 Å². The lowest BCUT2D eigenvalue weighted by Crippen LogP contribution is -2.48. The van der Waals surface area contributed by atoms with Crippen LogP contribution in [0, 0.1) is 13.8 Å². The Hall–Kier alpha value is -2.51. The molecule has 5 nitrogen and oxygen atoms in total. The van der Waals surface area contributed by atoms with Gasteiger partial charge in [-0.1, -0.05) is 30.3 Å². The minimum Gasteiger partial charge on any atom is -0.428 e. The number of anilines is 1. The quantitative estimate of drug-likeness (QED) is 0.902. The first kappa shape index (κ1) is 16.9. The van der Waals surface area contributed by atoms with E-state index in [0.29, 0.717) is 17.0 Å². The molecule has 0 bridgehead atoms. The molecule has 1 aromatic heterocycles. The van der Waals surface area contributed by atoms with Crippen molar-refractivity contribution in [2.75, 3.05) is 5.32 Å². The fourth-order valence-corrected chi connectivity index (χ4v) is 1.92. The monoisotopic (exact) mass is 327 g/mol. The molecule has 0 aliphatic carbocycles. The van der Waals surface area contributed by atoms with Crippen LogP contribution in [0.25, 0.3) is 0 Å². The number of carbonyl (C=O) groups excluding carboxylic acids is 1. The van der Waals surface area contributed by atoms with Gasteiger partial charge in [0.1, 0.15) is 11.8 Å². The van der Waals surface area contributed by atoms with E-state index in [1.54, 1.807) is 44.2 Å². The third-order valence-corrected chi connectivity index (χ3v) is 3.23. The number of nitrogens with one attached hydrogen (secondary N) is 2. The van der Waals surface area contributed by atoms with Gasteiger partial charge in [0, 0.05) is 6.42 Å². The molecule has 124 valence electrons. The highest BCUT2D eigenvalue weighted by Crippen LogP contribution is 2.23. The lowest BCUT2D eigenvalue weighted by molar-refractivity contribution is -0.152. The van der Waals surface area contributed by atoms with E-state index in [2.05, 4.69) is 10.3 Å². The molecule has 0 saturated carbocycles. The number of aryl methyl sites for hydroxylation is 2. The summed E-state index contributed by atoms with van der Waals surface area (Å²) < 4.78 is 44.4. The maximum absolute atomic E-state index is 13.1. The van der Waals surface area contributed by atoms with E-state index >= 15 is 0 Å². The first-order valence-electron chi connectivity index (χ1n) is 6.88. The number of nitrogens with zero attached hydrogens (tertiary/aromatic N) is 1. The molecule has 0 spiro atoms. The standard InChI is InChI=1S/C15H16F3N3O2/c1-9-10(2)23-14(19-9)21-13(22)20-12(15(16,17)18)8-11-6-4-3-5-7-11/h3-7,12H,8H2,1-2H3,(H2,19,20,21,22)/t12-/m1/s1. The fourth-order valence-electron chi connectivity index (χ4n) is 1.92. The van der Waals surface area contributed by atoms with E-state index in [1.807, 2.05) is 5.32 Å². The summed E-state index contributed by atoms with van der Waals surface area (Å²) in [6.45, 7) is 3.30. The molecule has 1 atom stereocenters. The zero-order chi connectivity index (χ0) is 17.0. The van der Waals surface area contributed by atoms with E-state index in [4.69, 9.17) is 4.42 Å². The van der Waals surface area contributed by atoms with E-state index < -0.39 is 18.2 Å². The van der Waals surface area contributed by atoms with Gasteiger partial charge >= 0.3 is 18.2 Å². The third-order valence-electron chi connectivity index (χ3n) is 3.23. The molecule has 1 heterocycles. The normalized spacial score (nSPS) is 12.7. The highest BCUT2D eigenvalue weighted by Gasteiger charge is 2.40. The Balaban J connectivity index is 2.04. The van der Waals surface area contributed by atoms with Gasteiger partial charge in [-0.15, -0.1) is 0 Å². The molecule has 1 aromatic carbocycles. The number of alkyl halides is 3. The summed E-state index contributed by atoms with van der Waals surface area (Å²) >= 11 is 0. The van der Waals surface area contributed by atoms with E-state index in [0.717, 1.165) is 0 Å². The Bertz CT molecular complexity index is 649. The largest absolute Gasteiger partial charge is 0.428 e. The molecular formula is C15H16F3N3O2. The van der Waals surface area contributed by atoms with Crippen LogP contribution in [-0.2, 0) is 6.42 Å². The summed E-state index contributed by atoms with van der Waals surface area (Å²) in [6.07, 6.45) is -4.93. The Kier molecular flexibility index (Phi) is 4.92. The van der Waals surface area contributed by atoms with Gasteiger partial charge in [0.25, 0.3) is 0 Å². The predicted octanol–water partition coefficient (Wildman–Crippen LogP) is 3.59. The Morgan fingerprint density at radius 3 is 2.43 bits per heavy atom. The van der Waals surface area contributed by atoms with Gasteiger partial charge in [0.2, 0.25) is 0 Å². The summed E-state index contributed by atoms with van der Waals surface area (Å²) in [5, 5.41) is 4.07. The average molecular weight is 327 g/mol. The predicted molar refractivity (Wildman–Crippen MR) is 78.1 cm³/mol. The molecule has 2 N–H and O–H groups in total. The van der Waals surface area contributed by atoms with Crippen LogP contribution >= 0.6 is 0 Å². The van der Waals surface area contributed by atoms with Crippen molar-refractivity contribution in [3.8, 4) is 0 Å². The van der Waals surface area contributed by atoms with Gasteiger partial charge in [-0.2, -0.15) is 18.2 Å². The summed E-state index contributed by atoms with van der Waals surface area (Å²) in [5.41, 5.74) is 1.02. The van der Waals surface area contributed by atoms with Crippen LogP contribution in [0.3, 0.4) is 0 Å². The van der Waals surface area contributed by atoms with E-state index in [9.17, 15) is 18.0 Å². The molecule has 0 fully saturated rings. The van der Waals surface area contributed by atoms with E-state index in [-0.39, 0.29) is 12.4 Å². The zero-order valence-electron chi connectivity index (χ0n) is 12.6. The summed E-state index contributed by atoms with van der Waals surface area (Å²) in [6, 6.07) is 4.95. The number of hydrogen-bond donors (Lipinski definition) is 2. The second kappa shape index (κ2) is 6.72.